The van der Waals surface area contributed by atoms with Crippen molar-refractivity contribution < 1.29 is 4.74 Å². The van der Waals surface area contributed by atoms with Gasteiger partial charge in [-0.15, -0.1) is 6.58 Å². The molecule has 2 rings (SSSR count). The molecule has 0 aliphatic rings. The molecule has 0 atom stereocenters. The monoisotopic (exact) mass is 268 g/mol. The highest BCUT2D eigenvalue weighted by Crippen LogP contribution is 2.19. The molecule has 1 aromatic heterocycles. The number of nitrogens with zero attached hydrogens (tertiary/aromatic N) is 1. The summed E-state index contributed by atoms with van der Waals surface area (Å²) in [5, 5.41) is 3.10. The van der Waals surface area contributed by atoms with Crippen molar-refractivity contribution in [3.63, 3.8) is 0 Å². The topological polar surface area (TPSA) is 34.1 Å². The van der Waals surface area contributed by atoms with E-state index in [0.29, 0.717) is 6.61 Å². The number of nitrogens with one attached hydrogen (secondary N) is 1. The fourth-order valence-corrected chi connectivity index (χ4v) is 1.97. The van der Waals surface area contributed by atoms with Gasteiger partial charge >= 0.3 is 0 Å². The highest BCUT2D eigenvalue weighted by molar-refractivity contribution is 5.34. The van der Waals surface area contributed by atoms with Crippen LogP contribution in [0.2, 0.25) is 0 Å². The summed E-state index contributed by atoms with van der Waals surface area (Å²) < 4.78 is 5.85. The second-order valence-corrected chi connectivity index (χ2v) is 4.58. The van der Waals surface area contributed by atoms with Crippen LogP contribution >= 0.6 is 0 Å². The summed E-state index contributed by atoms with van der Waals surface area (Å²) in [6.07, 6.45) is 4.57. The maximum Gasteiger partial charge on any atom is 0.130 e. The molecule has 0 bridgehead atoms. The van der Waals surface area contributed by atoms with Gasteiger partial charge < -0.3 is 10.1 Å². The van der Waals surface area contributed by atoms with Gasteiger partial charge in [-0.25, -0.2) is 0 Å². The van der Waals surface area contributed by atoms with Crippen LogP contribution in [-0.4, -0.2) is 12.0 Å². The Morgan fingerprint density at radius 2 is 2.10 bits per heavy atom. The van der Waals surface area contributed by atoms with E-state index in [9.17, 15) is 0 Å². The van der Waals surface area contributed by atoms with Crippen LogP contribution in [0.15, 0.2) is 55.3 Å². The zero-order valence-corrected chi connectivity index (χ0v) is 11.8. The lowest BCUT2D eigenvalue weighted by molar-refractivity contribution is 0.298. The Balaban J connectivity index is 1.99. The standard InChI is InChI=1S/C17H20N2O/c1-3-6-15-7-4-5-8-17(15)20-13-16-10-9-14(11-18-2)12-19-16/h3-5,7-10,12,18H,1,6,11,13H2,2H3. The minimum absolute atomic E-state index is 0.480. The van der Waals surface area contributed by atoms with Crippen LogP contribution < -0.4 is 10.1 Å². The molecule has 3 nitrogen and oxygen atoms in total. The van der Waals surface area contributed by atoms with E-state index >= 15 is 0 Å². The van der Waals surface area contributed by atoms with Gasteiger partial charge in [0, 0.05) is 12.7 Å². The highest BCUT2D eigenvalue weighted by Gasteiger charge is 2.02. The zero-order chi connectivity index (χ0) is 14.2. The number of rotatable bonds is 7. The Hall–Kier alpha value is -2.13. The molecule has 0 spiro atoms. The molecule has 3 heteroatoms. The van der Waals surface area contributed by atoms with Crippen molar-refractivity contribution in [2.24, 2.45) is 0 Å². The maximum atomic E-state index is 5.85. The Bertz CT molecular complexity index is 549. The summed E-state index contributed by atoms with van der Waals surface area (Å²) in [5.41, 5.74) is 3.25. The highest BCUT2D eigenvalue weighted by atomic mass is 16.5. The third-order valence-electron chi connectivity index (χ3n) is 2.98. The van der Waals surface area contributed by atoms with E-state index in [1.165, 1.54) is 5.56 Å². The van der Waals surface area contributed by atoms with Crippen LogP contribution in [0.5, 0.6) is 5.75 Å². The minimum atomic E-state index is 0.480. The van der Waals surface area contributed by atoms with E-state index < -0.39 is 0 Å². The molecule has 0 unspecified atom stereocenters. The summed E-state index contributed by atoms with van der Waals surface area (Å²) in [4.78, 5) is 4.40. The minimum Gasteiger partial charge on any atom is -0.487 e. The lowest BCUT2D eigenvalue weighted by atomic mass is 10.1. The molecule has 0 aliphatic heterocycles. The predicted octanol–water partition coefficient (Wildman–Crippen LogP) is 3.11. The van der Waals surface area contributed by atoms with Crippen molar-refractivity contribution in [3.8, 4) is 5.75 Å². The molecule has 0 amide bonds. The summed E-state index contributed by atoms with van der Waals surface area (Å²) in [5.74, 6) is 0.897. The summed E-state index contributed by atoms with van der Waals surface area (Å²) >= 11 is 0. The van der Waals surface area contributed by atoms with Gasteiger partial charge in [0.1, 0.15) is 12.4 Å². The molecule has 0 aliphatic carbocycles. The van der Waals surface area contributed by atoms with Gasteiger partial charge in [0.2, 0.25) is 0 Å². The molecule has 0 saturated heterocycles. The average molecular weight is 268 g/mol. The molecule has 20 heavy (non-hydrogen) atoms. The van der Waals surface area contributed by atoms with E-state index in [2.05, 4.69) is 29.0 Å². The average Bonchev–Trinajstić information content (AvgIpc) is 2.48. The number of ether oxygens (including phenoxy) is 1. The molecule has 1 N–H and O–H groups in total. The van der Waals surface area contributed by atoms with Gasteiger partial charge in [-0.3, -0.25) is 4.98 Å². The number of allylic oxidation sites excluding steroid dienone is 1. The van der Waals surface area contributed by atoms with Gasteiger partial charge in [0.25, 0.3) is 0 Å². The second-order valence-electron chi connectivity index (χ2n) is 4.58. The second kappa shape index (κ2) is 7.46. The predicted molar refractivity (Wildman–Crippen MR) is 81.7 cm³/mol. The van der Waals surface area contributed by atoms with Crippen molar-refractivity contribution in [2.45, 2.75) is 19.6 Å². The normalized spacial score (nSPS) is 10.2. The lowest BCUT2D eigenvalue weighted by Gasteiger charge is -2.10. The molecule has 0 saturated carbocycles. The Labute approximate surface area is 120 Å². The van der Waals surface area contributed by atoms with Crippen LogP contribution in [0.25, 0.3) is 0 Å². The first-order valence-corrected chi connectivity index (χ1v) is 6.73. The van der Waals surface area contributed by atoms with E-state index in [1.54, 1.807) is 0 Å². The number of aromatic nitrogens is 1. The molecule has 0 fully saturated rings. The number of benzene rings is 1. The first-order valence-electron chi connectivity index (χ1n) is 6.73. The van der Waals surface area contributed by atoms with Crippen LogP contribution in [-0.2, 0) is 19.6 Å². The van der Waals surface area contributed by atoms with Crippen LogP contribution in [0.3, 0.4) is 0 Å². The van der Waals surface area contributed by atoms with Crippen LogP contribution in [0, 0.1) is 0 Å². The van der Waals surface area contributed by atoms with E-state index in [-0.39, 0.29) is 0 Å². The van der Waals surface area contributed by atoms with Crippen molar-refractivity contribution in [3.05, 3.63) is 72.1 Å². The number of para-hydroxylation sites is 1. The third-order valence-corrected chi connectivity index (χ3v) is 2.98. The molecule has 1 heterocycles. The number of pyridine rings is 1. The molecule has 1 aromatic carbocycles. The van der Waals surface area contributed by atoms with Crippen LogP contribution in [0.1, 0.15) is 16.8 Å². The van der Waals surface area contributed by atoms with Crippen molar-refractivity contribution in [1.29, 1.82) is 0 Å². The molecule has 2 aromatic rings. The van der Waals surface area contributed by atoms with E-state index in [1.807, 2.05) is 43.6 Å². The number of hydrogen-bond donors (Lipinski definition) is 1. The molecule has 0 radical (unpaired) electrons. The lowest BCUT2D eigenvalue weighted by Crippen LogP contribution is -2.06. The Morgan fingerprint density at radius 1 is 1.25 bits per heavy atom. The third kappa shape index (κ3) is 3.93. The van der Waals surface area contributed by atoms with Gasteiger partial charge in [-0.05, 0) is 36.7 Å². The van der Waals surface area contributed by atoms with Crippen LogP contribution in [0.4, 0.5) is 0 Å². The maximum absolute atomic E-state index is 5.85. The van der Waals surface area contributed by atoms with E-state index in [4.69, 9.17) is 4.74 Å². The van der Waals surface area contributed by atoms with Gasteiger partial charge in [0.15, 0.2) is 0 Å². The first-order chi connectivity index (χ1) is 9.83. The summed E-state index contributed by atoms with van der Waals surface area (Å²) in [7, 11) is 1.92. The summed E-state index contributed by atoms with van der Waals surface area (Å²) in [6, 6.07) is 12.1. The van der Waals surface area contributed by atoms with Gasteiger partial charge in [-0.2, -0.15) is 0 Å². The van der Waals surface area contributed by atoms with Gasteiger partial charge in [-0.1, -0.05) is 30.3 Å². The Kier molecular flexibility index (Phi) is 5.33. The molecular formula is C17H20N2O. The smallest absolute Gasteiger partial charge is 0.130 e. The fraction of sp³-hybridized carbons (Fsp3) is 0.235. The van der Waals surface area contributed by atoms with Crippen molar-refractivity contribution in [2.75, 3.05) is 7.05 Å². The van der Waals surface area contributed by atoms with Gasteiger partial charge in [0.05, 0.1) is 5.69 Å². The van der Waals surface area contributed by atoms with E-state index in [0.717, 1.165) is 30.0 Å². The summed E-state index contributed by atoms with van der Waals surface area (Å²) in [6.45, 7) is 5.08. The first kappa shape index (κ1) is 14.3. The quantitative estimate of drug-likeness (QED) is 0.783. The zero-order valence-electron chi connectivity index (χ0n) is 11.8. The fourth-order valence-electron chi connectivity index (χ4n) is 1.97. The van der Waals surface area contributed by atoms with Crippen molar-refractivity contribution >= 4 is 0 Å². The SMILES string of the molecule is C=CCc1ccccc1OCc1ccc(CNC)cn1. The molecule has 104 valence electrons. The molecular weight excluding hydrogens is 248 g/mol. The largest absolute Gasteiger partial charge is 0.487 e. The Morgan fingerprint density at radius 3 is 2.80 bits per heavy atom. The number of hydrogen-bond acceptors (Lipinski definition) is 3. The van der Waals surface area contributed by atoms with Crippen molar-refractivity contribution in [1.82, 2.24) is 10.3 Å².